The molecular formula is C28H32N6O4. The molecule has 4 rings (SSSR count). The van der Waals surface area contributed by atoms with Crippen molar-refractivity contribution in [2.45, 2.75) is 33.1 Å². The number of carbonyl (C=O) groups excluding carboxylic acids is 2. The number of hydrogen-bond acceptors (Lipinski definition) is 6. The van der Waals surface area contributed by atoms with E-state index in [9.17, 15) is 9.59 Å². The molecule has 38 heavy (non-hydrogen) atoms. The highest BCUT2D eigenvalue weighted by Crippen LogP contribution is 2.35. The standard InChI is InChI=1S/C28H32N6O4/c1-16-12-17(31-27(36)32-25-15-24(28(2,3)4)33-34(25)6)8-9-21(16)38-22-10-11-30-20-14-23(37-7)19(13-18(20)22)26(35)29-5/h8-15H,1-7H3,(H,29,35)(H2,31,32,36). The number of ether oxygens (including phenoxy) is 2. The van der Waals surface area contributed by atoms with Crippen LogP contribution in [0.25, 0.3) is 10.9 Å². The third kappa shape index (κ3) is 5.54. The fourth-order valence-corrected chi connectivity index (χ4v) is 3.91. The number of hydrogen-bond donors (Lipinski definition) is 3. The van der Waals surface area contributed by atoms with Gasteiger partial charge in [0.15, 0.2) is 0 Å². The second kappa shape index (κ2) is 10.4. The van der Waals surface area contributed by atoms with Crippen molar-refractivity contribution in [2.24, 2.45) is 7.05 Å². The molecule has 4 aromatic rings. The summed E-state index contributed by atoms with van der Waals surface area (Å²) in [7, 11) is 4.86. The van der Waals surface area contributed by atoms with Gasteiger partial charge in [0.2, 0.25) is 0 Å². The lowest BCUT2D eigenvalue weighted by molar-refractivity contribution is 0.0960. The summed E-state index contributed by atoms with van der Waals surface area (Å²) in [6, 6.07) is 12.0. The third-order valence-electron chi connectivity index (χ3n) is 6.04. The van der Waals surface area contributed by atoms with Gasteiger partial charge in [0.1, 0.15) is 23.1 Å². The topological polar surface area (TPSA) is 119 Å². The minimum atomic E-state index is -0.377. The Labute approximate surface area is 221 Å². The number of benzene rings is 2. The lowest BCUT2D eigenvalue weighted by atomic mass is 9.92. The van der Waals surface area contributed by atoms with Gasteiger partial charge >= 0.3 is 6.03 Å². The Bertz CT molecular complexity index is 1520. The Balaban J connectivity index is 1.53. The van der Waals surface area contributed by atoms with Gasteiger partial charge < -0.3 is 20.1 Å². The summed E-state index contributed by atoms with van der Waals surface area (Å²) < 4.78 is 13.2. The van der Waals surface area contributed by atoms with Crippen LogP contribution in [0.3, 0.4) is 0 Å². The molecule has 0 unspecified atom stereocenters. The van der Waals surface area contributed by atoms with Gasteiger partial charge in [0, 0.05) is 48.9 Å². The van der Waals surface area contributed by atoms with E-state index in [1.165, 1.54) is 7.11 Å². The minimum Gasteiger partial charge on any atom is -0.496 e. The predicted molar refractivity (Wildman–Crippen MR) is 147 cm³/mol. The number of urea groups is 1. The van der Waals surface area contributed by atoms with Crippen molar-refractivity contribution in [3.63, 3.8) is 0 Å². The summed E-state index contributed by atoms with van der Waals surface area (Å²) in [5, 5.41) is 13.5. The molecule has 3 amide bonds. The molecule has 3 N–H and O–H groups in total. The van der Waals surface area contributed by atoms with Crippen LogP contribution in [0.1, 0.15) is 42.4 Å². The Morgan fingerprint density at radius 2 is 1.74 bits per heavy atom. The zero-order valence-corrected chi connectivity index (χ0v) is 22.6. The molecule has 0 saturated carbocycles. The van der Waals surface area contributed by atoms with Gasteiger partial charge in [-0.05, 0) is 42.8 Å². The van der Waals surface area contributed by atoms with E-state index in [0.717, 1.165) is 11.3 Å². The molecule has 2 aromatic heterocycles. The highest BCUT2D eigenvalue weighted by Gasteiger charge is 2.20. The number of fused-ring (bicyclic) bond motifs is 1. The molecule has 0 fully saturated rings. The van der Waals surface area contributed by atoms with Crippen molar-refractivity contribution >= 4 is 34.3 Å². The molecule has 0 atom stereocenters. The van der Waals surface area contributed by atoms with Crippen LogP contribution in [-0.2, 0) is 12.5 Å². The van der Waals surface area contributed by atoms with Gasteiger partial charge in [-0.1, -0.05) is 20.8 Å². The first-order valence-electron chi connectivity index (χ1n) is 12.1. The second-order valence-corrected chi connectivity index (χ2v) is 9.91. The first-order valence-corrected chi connectivity index (χ1v) is 12.1. The first kappa shape index (κ1) is 26.5. The number of aromatic nitrogens is 3. The van der Waals surface area contributed by atoms with E-state index in [2.05, 4.69) is 46.8 Å². The Hall–Kier alpha value is -4.60. The van der Waals surface area contributed by atoms with Crippen molar-refractivity contribution in [3.05, 3.63) is 65.5 Å². The van der Waals surface area contributed by atoms with E-state index in [4.69, 9.17) is 9.47 Å². The monoisotopic (exact) mass is 516 g/mol. The molecule has 0 radical (unpaired) electrons. The molecular weight excluding hydrogens is 484 g/mol. The number of carbonyl (C=O) groups is 2. The van der Waals surface area contributed by atoms with E-state index in [-0.39, 0.29) is 17.4 Å². The smallest absolute Gasteiger partial charge is 0.324 e. The van der Waals surface area contributed by atoms with Gasteiger partial charge in [-0.2, -0.15) is 5.10 Å². The van der Waals surface area contributed by atoms with Gasteiger partial charge in [0.05, 0.1) is 23.9 Å². The van der Waals surface area contributed by atoms with Gasteiger partial charge in [-0.15, -0.1) is 0 Å². The molecule has 10 heteroatoms. The molecule has 0 spiro atoms. The fourth-order valence-electron chi connectivity index (χ4n) is 3.91. The maximum absolute atomic E-state index is 12.6. The zero-order valence-electron chi connectivity index (χ0n) is 22.6. The number of rotatable bonds is 6. The van der Waals surface area contributed by atoms with E-state index < -0.39 is 0 Å². The Kier molecular flexibility index (Phi) is 7.25. The molecule has 0 aliphatic heterocycles. The van der Waals surface area contributed by atoms with Crippen molar-refractivity contribution in [2.75, 3.05) is 24.8 Å². The van der Waals surface area contributed by atoms with Gasteiger partial charge in [-0.25, -0.2) is 4.79 Å². The highest BCUT2D eigenvalue weighted by atomic mass is 16.5. The van der Waals surface area contributed by atoms with Gasteiger partial charge in [-0.3, -0.25) is 19.8 Å². The Morgan fingerprint density at radius 1 is 0.974 bits per heavy atom. The maximum Gasteiger partial charge on any atom is 0.324 e. The number of aryl methyl sites for hydroxylation is 2. The summed E-state index contributed by atoms with van der Waals surface area (Å²) >= 11 is 0. The molecule has 198 valence electrons. The summed E-state index contributed by atoms with van der Waals surface area (Å²) in [5.74, 6) is 1.88. The van der Waals surface area contributed by atoms with Crippen LogP contribution in [0, 0.1) is 6.92 Å². The molecule has 2 heterocycles. The lowest BCUT2D eigenvalue weighted by Gasteiger charge is -2.14. The summed E-state index contributed by atoms with van der Waals surface area (Å²) in [6.07, 6.45) is 1.63. The normalized spacial score (nSPS) is 11.2. The second-order valence-electron chi connectivity index (χ2n) is 9.91. The number of pyridine rings is 1. The van der Waals surface area contributed by atoms with Gasteiger partial charge in [0.25, 0.3) is 5.91 Å². The van der Waals surface area contributed by atoms with Crippen LogP contribution in [-0.4, -0.2) is 40.9 Å². The van der Waals surface area contributed by atoms with Crippen molar-refractivity contribution in [1.29, 1.82) is 0 Å². The number of nitrogens with zero attached hydrogens (tertiary/aromatic N) is 3. The Morgan fingerprint density at radius 3 is 2.37 bits per heavy atom. The van der Waals surface area contributed by atoms with Crippen LogP contribution in [0.5, 0.6) is 17.2 Å². The third-order valence-corrected chi connectivity index (χ3v) is 6.04. The molecule has 10 nitrogen and oxygen atoms in total. The lowest BCUT2D eigenvalue weighted by Crippen LogP contribution is -2.21. The fraction of sp³-hybridized carbons (Fsp3) is 0.286. The largest absolute Gasteiger partial charge is 0.496 e. The molecule has 2 aromatic carbocycles. The molecule has 0 aliphatic rings. The number of anilines is 2. The molecule has 0 saturated heterocycles. The van der Waals surface area contributed by atoms with Crippen LogP contribution in [0.4, 0.5) is 16.3 Å². The average molecular weight is 517 g/mol. The summed E-state index contributed by atoms with van der Waals surface area (Å²) in [4.78, 5) is 29.4. The van der Waals surface area contributed by atoms with E-state index in [1.807, 2.05) is 19.1 Å². The minimum absolute atomic E-state index is 0.128. The number of methoxy groups -OCH3 is 1. The van der Waals surface area contributed by atoms with E-state index in [0.29, 0.717) is 45.2 Å². The average Bonchev–Trinajstić information content (AvgIpc) is 3.24. The van der Waals surface area contributed by atoms with Crippen LogP contribution in [0.2, 0.25) is 0 Å². The van der Waals surface area contributed by atoms with Crippen molar-refractivity contribution in [3.8, 4) is 17.2 Å². The number of amides is 3. The molecule has 0 bridgehead atoms. The van der Waals surface area contributed by atoms with Crippen LogP contribution in [0.15, 0.2) is 48.7 Å². The highest BCUT2D eigenvalue weighted by molar-refractivity contribution is 6.02. The number of nitrogens with one attached hydrogen (secondary N) is 3. The quantitative estimate of drug-likeness (QED) is 0.317. The molecule has 0 aliphatic carbocycles. The first-order chi connectivity index (χ1) is 18.0. The SMILES string of the molecule is CNC(=O)c1cc2c(Oc3ccc(NC(=O)Nc4cc(C(C)(C)C)nn4C)cc3C)ccnc2cc1OC. The van der Waals surface area contributed by atoms with Crippen molar-refractivity contribution < 1.29 is 19.1 Å². The zero-order chi connectivity index (χ0) is 27.6. The van der Waals surface area contributed by atoms with Crippen LogP contribution >= 0.6 is 0 Å². The van der Waals surface area contributed by atoms with E-state index in [1.54, 1.807) is 55.3 Å². The maximum atomic E-state index is 12.6. The summed E-state index contributed by atoms with van der Waals surface area (Å²) in [5.41, 5.74) is 3.18. The predicted octanol–water partition coefficient (Wildman–Crippen LogP) is 5.38. The van der Waals surface area contributed by atoms with Crippen LogP contribution < -0.4 is 25.4 Å². The van der Waals surface area contributed by atoms with Crippen molar-refractivity contribution in [1.82, 2.24) is 20.1 Å². The summed E-state index contributed by atoms with van der Waals surface area (Å²) in [6.45, 7) is 8.09. The van der Waals surface area contributed by atoms with E-state index >= 15 is 0 Å².